The van der Waals surface area contributed by atoms with Crippen LogP contribution in [0.5, 0.6) is 0 Å². The van der Waals surface area contributed by atoms with Crippen LogP contribution in [0.1, 0.15) is 18.4 Å². The lowest BCUT2D eigenvalue weighted by Gasteiger charge is -2.18. The van der Waals surface area contributed by atoms with E-state index < -0.39 is 0 Å². The van der Waals surface area contributed by atoms with Gasteiger partial charge in [-0.15, -0.1) is 0 Å². The smallest absolute Gasteiger partial charge is 0.00923 e. The lowest BCUT2D eigenvalue weighted by Crippen LogP contribution is -1.93. The quantitative estimate of drug-likeness (QED) is 0.197. The summed E-state index contributed by atoms with van der Waals surface area (Å²) in [6.07, 6.45) is 9.22. The number of hydrogen-bond acceptors (Lipinski definition) is 0. The highest BCUT2D eigenvalue weighted by Gasteiger charge is 2.17. The van der Waals surface area contributed by atoms with Crippen molar-refractivity contribution in [1.82, 2.24) is 0 Å². The molecular formula is C42H30. The molecule has 7 aromatic rings. The van der Waals surface area contributed by atoms with Gasteiger partial charge in [0.05, 0.1) is 0 Å². The normalized spacial score (nSPS) is 13.1. The minimum Gasteiger partial charge on any atom is -0.0836 e. The highest BCUT2D eigenvalue weighted by molar-refractivity contribution is 6.23. The first kappa shape index (κ1) is 24.6. The van der Waals surface area contributed by atoms with E-state index in [4.69, 9.17) is 0 Å². The van der Waals surface area contributed by atoms with Crippen molar-refractivity contribution >= 4 is 37.9 Å². The van der Waals surface area contributed by atoms with Gasteiger partial charge in [0.25, 0.3) is 0 Å². The van der Waals surface area contributed by atoms with E-state index in [0.29, 0.717) is 0 Å². The van der Waals surface area contributed by atoms with Gasteiger partial charge in [-0.05, 0) is 114 Å². The molecule has 0 amide bonds. The second kappa shape index (κ2) is 10.3. The van der Waals surface area contributed by atoms with E-state index in [1.807, 2.05) is 0 Å². The molecule has 7 aromatic carbocycles. The van der Waals surface area contributed by atoms with E-state index in [1.165, 1.54) is 76.8 Å². The van der Waals surface area contributed by atoms with Crippen LogP contribution in [0.2, 0.25) is 0 Å². The first-order valence-electron chi connectivity index (χ1n) is 14.8. The topological polar surface area (TPSA) is 0 Å². The standard InChI is InChI=1S/C42H30/c1-5-13-29(14-6-1)33-21-23-35-39(25-33)37(31-17-9-3-10-18-31)27-42-36-24-22-34(30-15-7-2-8-16-30)26-40(36)38(28-41(35)42)32-19-11-4-12-20-32/h1-3,5-11,13-28H,4,12H2. The van der Waals surface area contributed by atoms with Gasteiger partial charge in [0.1, 0.15) is 0 Å². The number of hydrogen-bond donors (Lipinski definition) is 0. The Morgan fingerprint density at radius 3 is 1.36 bits per heavy atom. The van der Waals surface area contributed by atoms with Crippen LogP contribution in [0, 0.1) is 0 Å². The van der Waals surface area contributed by atoms with Crippen LogP contribution in [0.25, 0.3) is 71.3 Å². The summed E-state index contributed by atoms with van der Waals surface area (Å²) in [7, 11) is 0. The zero-order valence-electron chi connectivity index (χ0n) is 23.4. The zero-order chi connectivity index (χ0) is 27.9. The minimum absolute atomic E-state index is 1.08. The van der Waals surface area contributed by atoms with Crippen LogP contribution in [-0.4, -0.2) is 0 Å². The predicted octanol–water partition coefficient (Wildman–Crippen LogP) is 11.9. The van der Waals surface area contributed by atoms with E-state index >= 15 is 0 Å². The molecule has 0 aliphatic heterocycles. The van der Waals surface area contributed by atoms with Gasteiger partial charge in [-0.3, -0.25) is 0 Å². The van der Waals surface area contributed by atoms with Gasteiger partial charge in [-0.25, -0.2) is 0 Å². The van der Waals surface area contributed by atoms with Crippen molar-refractivity contribution in [3.05, 3.63) is 163 Å². The Balaban J connectivity index is 1.48. The molecule has 0 fully saturated rings. The fourth-order valence-electron chi connectivity index (χ4n) is 6.58. The van der Waals surface area contributed by atoms with Gasteiger partial charge >= 0.3 is 0 Å². The molecule has 8 rings (SSSR count). The molecule has 0 aromatic heterocycles. The van der Waals surface area contributed by atoms with Crippen LogP contribution in [0.15, 0.2) is 158 Å². The summed E-state index contributed by atoms with van der Waals surface area (Å²) in [6.45, 7) is 0. The highest BCUT2D eigenvalue weighted by Crippen LogP contribution is 2.43. The van der Waals surface area contributed by atoms with Crippen LogP contribution < -0.4 is 0 Å². The summed E-state index contributed by atoms with van der Waals surface area (Å²) in [5, 5.41) is 7.79. The molecule has 0 saturated carbocycles. The van der Waals surface area contributed by atoms with Gasteiger partial charge in [0, 0.05) is 0 Å². The Hall–Kier alpha value is -5.20. The third-order valence-corrected chi connectivity index (χ3v) is 8.67. The Morgan fingerprint density at radius 1 is 0.333 bits per heavy atom. The number of rotatable bonds is 4. The zero-order valence-corrected chi connectivity index (χ0v) is 23.4. The van der Waals surface area contributed by atoms with Gasteiger partial charge in [-0.1, -0.05) is 133 Å². The van der Waals surface area contributed by atoms with Gasteiger partial charge in [-0.2, -0.15) is 0 Å². The molecule has 0 bridgehead atoms. The molecule has 0 N–H and O–H groups in total. The van der Waals surface area contributed by atoms with Crippen LogP contribution in [0.3, 0.4) is 0 Å². The van der Waals surface area contributed by atoms with Gasteiger partial charge in [0.15, 0.2) is 0 Å². The average Bonchev–Trinajstić information content (AvgIpc) is 3.08. The Labute approximate surface area is 246 Å². The van der Waals surface area contributed by atoms with E-state index in [0.717, 1.165) is 12.8 Å². The molecule has 1 aliphatic carbocycles. The molecule has 0 radical (unpaired) electrons. The fraction of sp³-hybridized carbons (Fsp3) is 0.0476. The maximum Gasteiger partial charge on any atom is -0.00923 e. The van der Waals surface area contributed by atoms with Gasteiger partial charge in [0.2, 0.25) is 0 Å². The first-order valence-corrected chi connectivity index (χ1v) is 14.8. The maximum absolute atomic E-state index is 2.45. The van der Waals surface area contributed by atoms with Crippen molar-refractivity contribution in [2.75, 3.05) is 0 Å². The number of allylic oxidation sites excluding steroid dienone is 4. The van der Waals surface area contributed by atoms with E-state index in [2.05, 4.69) is 158 Å². The molecule has 0 heteroatoms. The van der Waals surface area contributed by atoms with Crippen LogP contribution >= 0.6 is 0 Å². The summed E-state index contributed by atoms with van der Waals surface area (Å²) in [6, 6.07) is 51.2. The van der Waals surface area contributed by atoms with E-state index in [1.54, 1.807) is 0 Å². The molecule has 1 aliphatic rings. The summed E-state index contributed by atoms with van der Waals surface area (Å²) >= 11 is 0. The number of fused-ring (bicyclic) bond motifs is 5. The summed E-state index contributed by atoms with van der Waals surface area (Å²) in [5.41, 5.74) is 10.1. The second-order valence-electron chi connectivity index (χ2n) is 11.2. The molecule has 0 unspecified atom stereocenters. The van der Waals surface area contributed by atoms with Crippen molar-refractivity contribution in [2.45, 2.75) is 12.8 Å². The summed E-state index contributed by atoms with van der Waals surface area (Å²) in [5.74, 6) is 0. The lowest BCUT2D eigenvalue weighted by atomic mass is 9.85. The Morgan fingerprint density at radius 2 is 0.833 bits per heavy atom. The molecule has 198 valence electrons. The van der Waals surface area contributed by atoms with Crippen molar-refractivity contribution in [2.24, 2.45) is 0 Å². The number of benzene rings is 7. The van der Waals surface area contributed by atoms with Crippen molar-refractivity contribution in [1.29, 1.82) is 0 Å². The van der Waals surface area contributed by atoms with Crippen LogP contribution in [-0.2, 0) is 0 Å². The molecule has 0 nitrogen and oxygen atoms in total. The van der Waals surface area contributed by atoms with Crippen molar-refractivity contribution in [3.63, 3.8) is 0 Å². The third kappa shape index (κ3) is 4.24. The minimum atomic E-state index is 1.08. The van der Waals surface area contributed by atoms with Crippen molar-refractivity contribution in [3.8, 4) is 33.4 Å². The monoisotopic (exact) mass is 534 g/mol. The average molecular weight is 535 g/mol. The Bertz CT molecular complexity index is 2150. The molecule has 0 heterocycles. The highest BCUT2D eigenvalue weighted by atomic mass is 14.2. The van der Waals surface area contributed by atoms with E-state index in [9.17, 15) is 0 Å². The summed E-state index contributed by atoms with van der Waals surface area (Å²) < 4.78 is 0. The van der Waals surface area contributed by atoms with E-state index in [-0.39, 0.29) is 0 Å². The molecular weight excluding hydrogens is 504 g/mol. The van der Waals surface area contributed by atoms with Crippen LogP contribution in [0.4, 0.5) is 0 Å². The second-order valence-corrected chi connectivity index (χ2v) is 11.2. The SMILES string of the molecule is C1=CC(c2cc3c4ccc(-c5ccccc5)cc4c(-c4ccccc4)cc3c3ccc(-c4ccccc4)cc23)=CCC1. The predicted molar refractivity (Wildman–Crippen MR) is 182 cm³/mol. The molecule has 42 heavy (non-hydrogen) atoms. The summed E-state index contributed by atoms with van der Waals surface area (Å²) in [4.78, 5) is 0. The molecule has 0 spiro atoms. The fourth-order valence-corrected chi connectivity index (χ4v) is 6.58. The van der Waals surface area contributed by atoms with Crippen molar-refractivity contribution < 1.29 is 0 Å². The lowest BCUT2D eigenvalue weighted by molar-refractivity contribution is 1.04. The van der Waals surface area contributed by atoms with Gasteiger partial charge < -0.3 is 0 Å². The largest absolute Gasteiger partial charge is 0.0836 e. The maximum atomic E-state index is 2.45. The molecule has 0 atom stereocenters. The molecule has 0 saturated heterocycles. The Kier molecular flexibility index (Phi) is 6.04. The first-order chi connectivity index (χ1) is 20.8. The third-order valence-electron chi connectivity index (χ3n) is 8.67.